The highest BCUT2D eigenvalue weighted by molar-refractivity contribution is 5.90. The third-order valence-corrected chi connectivity index (χ3v) is 5.29. The molecule has 0 atom stereocenters. The Morgan fingerprint density at radius 2 is 1.87 bits per heavy atom. The quantitative estimate of drug-likeness (QED) is 0.708. The number of rotatable bonds is 5. The van der Waals surface area contributed by atoms with Gasteiger partial charge in [0.05, 0.1) is 11.4 Å². The van der Waals surface area contributed by atoms with Crippen molar-refractivity contribution in [2.75, 3.05) is 11.9 Å². The number of hydrogen-bond acceptors (Lipinski definition) is 4. The number of aryl methyl sites for hydroxylation is 1. The first-order chi connectivity index (χ1) is 14.5. The molecule has 30 heavy (non-hydrogen) atoms. The molecule has 154 valence electrons. The van der Waals surface area contributed by atoms with Gasteiger partial charge in [0.2, 0.25) is 5.91 Å². The van der Waals surface area contributed by atoms with Crippen LogP contribution in [0, 0.1) is 12.7 Å². The summed E-state index contributed by atoms with van der Waals surface area (Å²) in [6, 6.07) is 16.1. The molecule has 1 aromatic heterocycles. The van der Waals surface area contributed by atoms with Gasteiger partial charge in [-0.25, -0.2) is 9.37 Å². The number of benzene rings is 2. The summed E-state index contributed by atoms with van der Waals surface area (Å²) in [5, 5.41) is 2.52. The third-order valence-electron chi connectivity index (χ3n) is 5.29. The van der Waals surface area contributed by atoms with Crippen LogP contribution < -0.4 is 10.9 Å². The molecule has 0 unspecified atom stereocenters. The lowest BCUT2D eigenvalue weighted by Gasteiger charge is -2.28. The van der Waals surface area contributed by atoms with E-state index in [1.807, 2.05) is 18.2 Å². The van der Waals surface area contributed by atoms with Gasteiger partial charge in [0.15, 0.2) is 0 Å². The molecule has 6 nitrogen and oxygen atoms in total. The zero-order valence-corrected chi connectivity index (χ0v) is 16.8. The molecule has 3 aromatic rings. The molecular weight excluding hydrogens is 383 g/mol. The van der Waals surface area contributed by atoms with E-state index in [1.165, 1.54) is 22.3 Å². The normalized spacial score (nSPS) is 13.7. The largest absolute Gasteiger partial charge is 0.322 e. The Morgan fingerprint density at radius 1 is 1.13 bits per heavy atom. The fourth-order valence-corrected chi connectivity index (χ4v) is 3.76. The smallest absolute Gasteiger partial charge is 0.257 e. The van der Waals surface area contributed by atoms with E-state index in [0.717, 1.165) is 18.8 Å². The number of para-hydroxylation sites is 1. The molecule has 1 N–H and O–H groups in total. The van der Waals surface area contributed by atoms with Crippen molar-refractivity contribution >= 4 is 11.6 Å². The van der Waals surface area contributed by atoms with Gasteiger partial charge >= 0.3 is 0 Å². The Kier molecular flexibility index (Phi) is 5.72. The maximum absolute atomic E-state index is 13.8. The number of nitrogens with one attached hydrogen (secondary N) is 1. The van der Waals surface area contributed by atoms with Crippen LogP contribution in [0.25, 0.3) is 0 Å². The van der Waals surface area contributed by atoms with Crippen molar-refractivity contribution < 1.29 is 9.18 Å². The zero-order chi connectivity index (χ0) is 21.1. The number of fused-ring (bicyclic) bond motifs is 1. The molecule has 0 saturated heterocycles. The first-order valence-electron chi connectivity index (χ1n) is 9.91. The number of nitrogens with zero attached hydrogens (tertiary/aromatic N) is 3. The third kappa shape index (κ3) is 4.31. The average molecular weight is 406 g/mol. The van der Waals surface area contributed by atoms with Crippen molar-refractivity contribution in [2.45, 2.75) is 33.0 Å². The Hall–Kier alpha value is -3.32. The van der Waals surface area contributed by atoms with Crippen molar-refractivity contribution in [3.63, 3.8) is 0 Å². The van der Waals surface area contributed by atoms with Crippen molar-refractivity contribution in [1.29, 1.82) is 0 Å². The monoisotopic (exact) mass is 406 g/mol. The SMILES string of the molecule is Cc1nc2c(c(=O)n1CC(=O)Nc1ccccc1F)CCN(Cc1ccccc1)C2. The number of aromatic nitrogens is 2. The second-order valence-electron chi connectivity index (χ2n) is 7.45. The summed E-state index contributed by atoms with van der Waals surface area (Å²) in [5.74, 6) is -0.505. The van der Waals surface area contributed by atoms with Gasteiger partial charge in [-0.3, -0.25) is 19.1 Å². The lowest BCUT2D eigenvalue weighted by molar-refractivity contribution is -0.116. The van der Waals surface area contributed by atoms with Gasteiger partial charge in [-0.05, 0) is 31.0 Å². The molecule has 0 spiro atoms. The fourth-order valence-electron chi connectivity index (χ4n) is 3.76. The Labute approximate surface area is 174 Å². The van der Waals surface area contributed by atoms with E-state index in [1.54, 1.807) is 19.1 Å². The molecule has 1 aliphatic heterocycles. The maximum Gasteiger partial charge on any atom is 0.257 e. The van der Waals surface area contributed by atoms with E-state index < -0.39 is 11.7 Å². The van der Waals surface area contributed by atoms with Gasteiger partial charge in [-0.2, -0.15) is 0 Å². The van der Waals surface area contributed by atoms with E-state index in [9.17, 15) is 14.0 Å². The van der Waals surface area contributed by atoms with Crippen LogP contribution in [0.3, 0.4) is 0 Å². The molecule has 2 heterocycles. The van der Waals surface area contributed by atoms with E-state index in [0.29, 0.717) is 24.4 Å². The number of halogens is 1. The zero-order valence-electron chi connectivity index (χ0n) is 16.8. The van der Waals surface area contributed by atoms with Crippen LogP contribution in [0.4, 0.5) is 10.1 Å². The molecule has 0 saturated carbocycles. The van der Waals surface area contributed by atoms with E-state index >= 15 is 0 Å². The summed E-state index contributed by atoms with van der Waals surface area (Å²) in [6.45, 7) is 3.67. The van der Waals surface area contributed by atoms with Crippen LogP contribution >= 0.6 is 0 Å². The minimum Gasteiger partial charge on any atom is -0.322 e. The van der Waals surface area contributed by atoms with Crippen LogP contribution in [-0.4, -0.2) is 26.9 Å². The Balaban J connectivity index is 1.50. The summed E-state index contributed by atoms with van der Waals surface area (Å²) in [4.78, 5) is 32.3. The van der Waals surface area contributed by atoms with E-state index in [4.69, 9.17) is 0 Å². The van der Waals surface area contributed by atoms with Gasteiger partial charge in [0, 0.05) is 25.2 Å². The molecule has 0 fully saturated rings. The molecular formula is C23H23FN4O2. The van der Waals surface area contributed by atoms with Gasteiger partial charge < -0.3 is 5.32 Å². The van der Waals surface area contributed by atoms with Crippen LogP contribution in [0.5, 0.6) is 0 Å². The molecule has 0 aliphatic carbocycles. The van der Waals surface area contributed by atoms with Crippen molar-refractivity contribution in [3.05, 3.63) is 93.4 Å². The summed E-state index contributed by atoms with van der Waals surface area (Å²) in [7, 11) is 0. The standard InChI is InChI=1S/C23H23FN4O2/c1-16-25-21-14-27(13-17-7-3-2-4-8-17)12-11-18(21)23(30)28(16)15-22(29)26-20-10-6-5-9-19(20)24/h2-10H,11-15H2,1H3,(H,26,29). The van der Waals surface area contributed by atoms with Gasteiger partial charge in [-0.15, -0.1) is 0 Å². The van der Waals surface area contributed by atoms with Gasteiger partial charge in [0.25, 0.3) is 5.56 Å². The lowest BCUT2D eigenvalue weighted by Crippen LogP contribution is -2.39. The predicted molar refractivity (Wildman–Crippen MR) is 113 cm³/mol. The molecule has 7 heteroatoms. The molecule has 2 aromatic carbocycles. The van der Waals surface area contributed by atoms with E-state index in [-0.39, 0.29) is 17.8 Å². The molecule has 1 aliphatic rings. The van der Waals surface area contributed by atoms with Crippen molar-refractivity contribution in [1.82, 2.24) is 14.5 Å². The minimum absolute atomic E-state index is 0.0932. The minimum atomic E-state index is -0.517. The van der Waals surface area contributed by atoms with Crippen LogP contribution in [0.2, 0.25) is 0 Å². The van der Waals surface area contributed by atoms with E-state index in [2.05, 4.69) is 27.3 Å². The van der Waals surface area contributed by atoms with Crippen LogP contribution in [0.1, 0.15) is 22.6 Å². The first-order valence-corrected chi connectivity index (χ1v) is 9.91. The topological polar surface area (TPSA) is 67.2 Å². The summed E-state index contributed by atoms with van der Waals surface area (Å²) in [5.41, 5.74) is 2.54. The summed E-state index contributed by atoms with van der Waals surface area (Å²) >= 11 is 0. The lowest BCUT2D eigenvalue weighted by atomic mass is 10.1. The summed E-state index contributed by atoms with van der Waals surface area (Å²) in [6.07, 6.45) is 0.587. The highest BCUT2D eigenvalue weighted by atomic mass is 19.1. The van der Waals surface area contributed by atoms with Crippen LogP contribution in [-0.2, 0) is 30.8 Å². The van der Waals surface area contributed by atoms with Crippen LogP contribution in [0.15, 0.2) is 59.4 Å². The average Bonchev–Trinajstić information content (AvgIpc) is 2.73. The second-order valence-corrected chi connectivity index (χ2v) is 7.45. The number of hydrogen-bond donors (Lipinski definition) is 1. The number of amides is 1. The molecule has 0 radical (unpaired) electrons. The second kappa shape index (κ2) is 8.59. The Bertz CT molecular complexity index is 1130. The Morgan fingerprint density at radius 3 is 2.63 bits per heavy atom. The number of carbonyl (C=O) groups is 1. The first kappa shape index (κ1) is 20.0. The predicted octanol–water partition coefficient (Wildman–Crippen LogP) is 2.89. The fraction of sp³-hybridized carbons (Fsp3) is 0.261. The van der Waals surface area contributed by atoms with Gasteiger partial charge in [-0.1, -0.05) is 42.5 Å². The highest BCUT2D eigenvalue weighted by Gasteiger charge is 2.23. The molecule has 1 amide bonds. The summed E-state index contributed by atoms with van der Waals surface area (Å²) < 4.78 is 15.1. The molecule has 0 bridgehead atoms. The van der Waals surface area contributed by atoms with Gasteiger partial charge in [0.1, 0.15) is 18.2 Å². The maximum atomic E-state index is 13.8. The number of anilines is 1. The van der Waals surface area contributed by atoms with Crippen molar-refractivity contribution in [3.8, 4) is 0 Å². The van der Waals surface area contributed by atoms with Crippen molar-refractivity contribution in [2.24, 2.45) is 0 Å². The highest BCUT2D eigenvalue weighted by Crippen LogP contribution is 2.17. The molecule has 4 rings (SSSR count). The number of carbonyl (C=O) groups excluding carboxylic acids is 1.